The maximum absolute atomic E-state index is 12.6. The second-order valence-corrected chi connectivity index (χ2v) is 13.6. The minimum atomic E-state index is -3.28. The van der Waals surface area contributed by atoms with E-state index in [1.807, 2.05) is 13.0 Å². The fourth-order valence-electron chi connectivity index (χ4n) is 4.74. The first-order valence-electron chi connectivity index (χ1n) is 11.7. The van der Waals surface area contributed by atoms with Gasteiger partial charge in [-0.2, -0.15) is 0 Å². The summed E-state index contributed by atoms with van der Waals surface area (Å²) in [6.45, 7) is 16.3. The highest BCUT2D eigenvalue weighted by molar-refractivity contribution is 7.90. The van der Waals surface area contributed by atoms with Gasteiger partial charge in [0.25, 0.3) is 0 Å². The Morgan fingerprint density at radius 3 is 1.84 bits per heavy atom. The van der Waals surface area contributed by atoms with Crippen molar-refractivity contribution in [1.29, 1.82) is 0 Å². The van der Waals surface area contributed by atoms with Crippen LogP contribution in [0.4, 0.5) is 0 Å². The number of sulfone groups is 1. The van der Waals surface area contributed by atoms with Gasteiger partial charge in [0.1, 0.15) is 0 Å². The van der Waals surface area contributed by atoms with Crippen LogP contribution in [0.15, 0.2) is 29.2 Å². The van der Waals surface area contributed by atoms with Crippen LogP contribution < -0.4 is 0 Å². The van der Waals surface area contributed by atoms with Crippen molar-refractivity contribution in [1.82, 2.24) is 4.57 Å². The number of hydrogen-bond donors (Lipinski definition) is 0. The van der Waals surface area contributed by atoms with Gasteiger partial charge in [0.05, 0.1) is 4.90 Å². The van der Waals surface area contributed by atoms with Crippen LogP contribution in [0, 0.1) is 12.8 Å². The Labute approximate surface area is 190 Å². The van der Waals surface area contributed by atoms with Gasteiger partial charge in [0, 0.05) is 24.2 Å². The zero-order valence-electron chi connectivity index (χ0n) is 20.8. The molecule has 1 aliphatic rings. The molecule has 1 saturated carbocycles. The van der Waals surface area contributed by atoms with E-state index in [9.17, 15) is 8.42 Å². The molecule has 0 atom stereocenters. The summed E-state index contributed by atoms with van der Waals surface area (Å²) >= 11 is 0. The first-order chi connectivity index (χ1) is 14.2. The summed E-state index contributed by atoms with van der Waals surface area (Å²) in [5.74, 6) is 0.624. The van der Waals surface area contributed by atoms with Crippen molar-refractivity contribution < 1.29 is 8.42 Å². The second kappa shape index (κ2) is 8.42. The minimum Gasteiger partial charge on any atom is -0.343 e. The third kappa shape index (κ3) is 5.45. The molecule has 1 fully saturated rings. The monoisotopic (exact) mass is 443 g/mol. The molecule has 1 aliphatic carbocycles. The predicted octanol–water partition coefficient (Wildman–Crippen LogP) is 7.04. The van der Waals surface area contributed by atoms with Gasteiger partial charge < -0.3 is 4.57 Å². The Balaban J connectivity index is 2.23. The lowest BCUT2D eigenvalue weighted by Gasteiger charge is -2.27. The molecule has 1 heterocycles. The summed E-state index contributed by atoms with van der Waals surface area (Å²) in [6, 6.07) is 8.78. The van der Waals surface area contributed by atoms with Crippen molar-refractivity contribution in [2.75, 3.05) is 6.26 Å². The van der Waals surface area contributed by atoms with Gasteiger partial charge >= 0.3 is 0 Å². The van der Waals surface area contributed by atoms with Gasteiger partial charge in [-0.15, -0.1) is 0 Å². The Kier molecular flexibility index (Phi) is 6.55. The standard InChI is InChI=1S/C27H41NO2S/c1-19-25(31(8,29)30)17-24(28(19)18-20-12-10-9-11-13-20)21-14-22(26(2,3)4)16-23(15-21)27(5,6)7/h14-17,20H,9-13,18H2,1-8H3. The van der Waals surface area contributed by atoms with Gasteiger partial charge in [-0.3, -0.25) is 0 Å². The molecular formula is C27H41NO2S. The Hall–Kier alpha value is -1.55. The van der Waals surface area contributed by atoms with E-state index in [1.54, 1.807) is 0 Å². The van der Waals surface area contributed by atoms with E-state index in [4.69, 9.17) is 0 Å². The number of aromatic nitrogens is 1. The third-order valence-corrected chi connectivity index (χ3v) is 8.06. The van der Waals surface area contributed by atoms with E-state index in [0.717, 1.165) is 23.5 Å². The van der Waals surface area contributed by atoms with Crippen LogP contribution in [0.25, 0.3) is 11.3 Å². The van der Waals surface area contributed by atoms with Crippen LogP contribution in [0.3, 0.4) is 0 Å². The molecule has 0 unspecified atom stereocenters. The largest absolute Gasteiger partial charge is 0.343 e. The Bertz CT molecular complexity index is 1010. The van der Waals surface area contributed by atoms with Crippen LogP contribution in [-0.2, 0) is 27.2 Å². The summed E-state index contributed by atoms with van der Waals surface area (Å²) in [7, 11) is -3.28. The molecule has 0 amide bonds. The maximum Gasteiger partial charge on any atom is 0.177 e. The number of benzene rings is 1. The fourth-order valence-corrected chi connectivity index (χ4v) is 5.71. The quantitative estimate of drug-likeness (QED) is 0.508. The first kappa shape index (κ1) is 24.1. The van der Waals surface area contributed by atoms with Crippen molar-refractivity contribution >= 4 is 9.84 Å². The molecule has 0 N–H and O–H groups in total. The second-order valence-electron chi connectivity index (χ2n) is 11.7. The molecule has 0 bridgehead atoms. The molecule has 0 aliphatic heterocycles. The van der Waals surface area contributed by atoms with Crippen LogP contribution in [0.1, 0.15) is 90.5 Å². The van der Waals surface area contributed by atoms with E-state index < -0.39 is 9.84 Å². The van der Waals surface area contributed by atoms with Crippen LogP contribution in [-0.4, -0.2) is 19.2 Å². The summed E-state index contributed by atoms with van der Waals surface area (Å²) in [5.41, 5.74) is 5.67. The highest BCUT2D eigenvalue weighted by Gasteiger charge is 2.26. The average molecular weight is 444 g/mol. The Morgan fingerprint density at radius 1 is 0.871 bits per heavy atom. The molecule has 2 aromatic rings. The topological polar surface area (TPSA) is 39.1 Å². The van der Waals surface area contributed by atoms with Crippen LogP contribution in [0.5, 0.6) is 0 Å². The van der Waals surface area contributed by atoms with Crippen molar-refractivity contribution in [2.45, 2.75) is 103 Å². The van der Waals surface area contributed by atoms with Gasteiger partial charge in [-0.1, -0.05) is 66.9 Å². The molecule has 4 heteroatoms. The average Bonchev–Trinajstić information content (AvgIpc) is 2.97. The molecule has 3 rings (SSSR count). The van der Waals surface area contributed by atoms with Crippen molar-refractivity contribution in [3.8, 4) is 11.3 Å². The smallest absolute Gasteiger partial charge is 0.177 e. The zero-order valence-corrected chi connectivity index (χ0v) is 21.6. The van der Waals surface area contributed by atoms with E-state index in [2.05, 4.69) is 64.3 Å². The van der Waals surface area contributed by atoms with Crippen molar-refractivity contribution in [3.05, 3.63) is 41.1 Å². The summed E-state index contributed by atoms with van der Waals surface area (Å²) in [4.78, 5) is 0.469. The normalized spacial score (nSPS) is 16.6. The molecule has 172 valence electrons. The zero-order chi connectivity index (χ0) is 23.2. The number of hydrogen-bond acceptors (Lipinski definition) is 2. The van der Waals surface area contributed by atoms with Crippen LogP contribution in [0.2, 0.25) is 0 Å². The minimum absolute atomic E-state index is 0.0194. The highest BCUT2D eigenvalue weighted by atomic mass is 32.2. The highest BCUT2D eigenvalue weighted by Crippen LogP contribution is 2.37. The molecular weight excluding hydrogens is 402 g/mol. The first-order valence-corrected chi connectivity index (χ1v) is 13.6. The predicted molar refractivity (Wildman–Crippen MR) is 132 cm³/mol. The molecule has 0 spiro atoms. The Morgan fingerprint density at radius 2 is 1.39 bits per heavy atom. The van der Waals surface area contributed by atoms with E-state index >= 15 is 0 Å². The fraction of sp³-hybridized carbons (Fsp3) is 0.630. The SMILES string of the molecule is Cc1c(S(C)(=O)=O)cc(-c2cc(C(C)(C)C)cc(C(C)(C)C)c2)n1CC1CCCCC1. The number of nitrogens with zero attached hydrogens (tertiary/aromatic N) is 1. The summed E-state index contributed by atoms with van der Waals surface area (Å²) in [6.07, 6.45) is 7.70. The van der Waals surface area contributed by atoms with Gasteiger partial charge in [0.15, 0.2) is 9.84 Å². The molecule has 1 aromatic heterocycles. The van der Waals surface area contributed by atoms with Crippen molar-refractivity contribution in [2.24, 2.45) is 5.92 Å². The molecule has 0 radical (unpaired) electrons. The lowest BCUT2D eigenvalue weighted by Crippen LogP contribution is -2.18. The van der Waals surface area contributed by atoms with Gasteiger partial charge in [0.2, 0.25) is 0 Å². The van der Waals surface area contributed by atoms with Crippen molar-refractivity contribution in [3.63, 3.8) is 0 Å². The summed E-state index contributed by atoms with van der Waals surface area (Å²) in [5, 5.41) is 0. The van der Waals surface area contributed by atoms with Gasteiger partial charge in [-0.05, 0) is 71.4 Å². The third-order valence-electron chi connectivity index (χ3n) is 6.85. The number of rotatable bonds is 4. The van der Waals surface area contributed by atoms with Crippen LogP contribution >= 0.6 is 0 Å². The molecule has 1 aromatic carbocycles. The van der Waals surface area contributed by atoms with E-state index in [-0.39, 0.29) is 10.8 Å². The lowest BCUT2D eigenvalue weighted by molar-refractivity contribution is 0.318. The van der Waals surface area contributed by atoms with E-state index in [1.165, 1.54) is 49.5 Å². The molecule has 0 saturated heterocycles. The van der Waals surface area contributed by atoms with E-state index in [0.29, 0.717) is 10.8 Å². The lowest BCUT2D eigenvalue weighted by atomic mass is 9.79. The van der Waals surface area contributed by atoms with Gasteiger partial charge in [-0.25, -0.2) is 8.42 Å². The summed E-state index contributed by atoms with van der Waals surface area (Å²) < 4.78 is 27.5. The molecule has 3 nitrogen and oxygen atoms in total. The maximum atomic E-state index is 12.6. The molecule has 31 heavy (non-hydrogen) atoms.